The Morgan fingerprint density at radius 2 is 2.17 bits per heavy atom. The summed E-state index contributed by atoms with van der Waals surface area (Å²) in [6.07, 6.45) is 2.64. The third kappa shape index (κ3) is 3.14. The van der Waals surface area contributed by atoms with Crippen LogP contribution < -0.4 is 5.32 Å². The van der Waals surface area contributed by atoms with Gasteiger partial charge in [0.05, 0.1) is 18.8 Å². The highest BCUT2D eigenvalue weighted by molar-refractivity contribution is 5.37. The Balaban J connectivity index is 1.90. The van der Waals surface area contributed by atoms with Crippen LogP contribution in [0.15, 0.2) is 12.3 Å². The van der Waals surface area contributed by atoms with Gasteiger partial charge in [-0.3, -0.25) is 4.90 Å². The molecule has 1 aromatic heterocycles. The van der Waals surface area contributed by atoms with Crippen LogP contribution in [0.4, 0.5) is 14.6 Å². The van der Waals surface area contributed by atoms with Gasteiger partial charge < -0.3 is 5.32 Å². The van der Waals surface area contributed by atoms with E-state index < -0.39 is 11.6 Å². The average molecular weight is 252 g/mol. The molecule has 2 rings (SSSR count). The summed E-state index contributed by atoms with van der Waals surface area (Å²) in [6.45, 7) is 2.03. The molecule has 1 N–H and O–H groups in total. The van der Waals surface area contributed by atoms with Crippen LogP contribution in [0.3, 0.4) is 0 Å². The topological polar surface area (TPSA) is 52.0 Å². The molecule has 0 spiro atoms. The van der Waals surface area contributed by atoms with Crippen molar-refractivity contribution in [3.8, 4) is 6.07 Å². The highest BCUT2D eigenvalue weighted by Gasteiger charge is 2.20. The summed E-state index contributed by atoms with van der Waals surface area (Å²) in [5.74, 6) is -1.26. The van der Waals surface area contributed by atoms with E-state index in [0.717, 1.165) is 38.2 Å². The number of halogens is 2. The first kappa shape index (κ1) is 12.7. The van der Waals surface area contributed by atoms with Crippen LogP contribution in [0.25, 0.3) is 0 Å². The Morgan fingerprint density at radius 3 is 2.78 bits per heavy atom. The van der Waals surface area contributed by atoms with E-state index in [1.165, 1.54) is 0 Å². The third-order valence-electron chi connectivity index (χ3n) is 3.03. The average Bonchev–Trinajstić information content (AvgIpc) is 2.35. The molecule has 0 aromatic carbocycles. The van der Waals surface area contributed by atoms with Crippen molar-refractivity contribution in [3.05, 3.63) is 23.9 Å². The van der Waals surface area contributed by atoms with Gasteiger partial charge in [0, 0.05) is 25.2 Å². The van der Waals surface area contributed by atoms with Gasteiger partial charge in [0.15, 0.2) is 11.6 Å². The minimum absolute atomic E-state index is 0.0927. The maximum atomic E-state index is 13.4. The summed E-state index contributed by atoms with van der Waals surface area (Å²) in [4.78, 5) is 5.75. The van der Waals surface area contributed by atoms with Crippen LogP contribution in [0.1, 0.15) is 12.8 Å². The Kier molecular flexibility index (Phi) is 4.05. The predicted octanol–water partition coefficient (Wildman–Crippen LogP) is 1.76. The molecule has 18 heavy (non-hydrogen) atoms. The lowest BCUT2D eigenvalue weighted by Crippen LogP contribution is -2.39. The second kappa shape index (κ2) is 5.74. The quantitative estimate of drug-likeness (QED) is 0.833. The van der Waals surface area contributed by atoms with Crippen LogP contribution in [0.5, 0.6) is 0 Å². The molecule has 0 radical (unpaired) electrons. The summed E-state index contributed by atoms with van der Waals surface area (Å²) in [6, 6.07) is 3.05. The first-order chi connectivity index (χ1) is 8.69. The molecule has 4 nitrogen and oxygen atoms in total. The predicted molar refractivity (Wildman–Crippen MR) is 62.9 cm³/mol. The van der Waals surface area contributed by atoms with E-state index in [0.29, 0.717) is 6.54 Å². The smallest absolute Gasteiger partial charge is 0.168 e. The van der Waals surface area contributed by atoms with Gasteiger partial charge >= 0.3 is 0 Å². The number of hydrogen-bond donors (Lipinski definition) is 1. The highest BCUT2D eigenvalue weighted by Crippen LogP contribution is 2.17. The molecule has 0 unspecified atom stereocenters. The molecule has 1 saturated heterocycles. The fourth-order valence-corrected chi connectivity index (χ4v) is 2.05. The normalized spacial score (nSPS) is 17.4. The minimum atomic E-state index is -0.679. The number of rotatable bonds is 3. The van der Waals surface area contributed by atoms with Crippen molar-refractivity contribution < 1.29 is 8.78 Å². The van der Waals surface area contributed by atoms with E-state index in [9.17, 15) is 8.78 Å². The van der Waals surface area contributed by atoms with E-state index in [4.69, 9.17) is 5.26 Å². The van der Waals surface area contributed by atoms with Crippen molar-refractivity contribution in [3.63, 3.8) is 0 Å². The van der Waals surface area contributed by atoms with Gasteiger partial charge in [-0.25, -0.2) is 13.8 Å². The first-order valence-corrected chi connectivity index (χ1v) is 5.86. The number of nitriles is 1. The van der Waals surface area contributed by atoms with Gasteiger partial charge in [0.1, 0.15) is 5.82 Å². The Hall–Kier alpha value is -1.74. The van der Waals surface area contributed by atoms with Crippen LogP contribution >= 0.6 is 0 Å². The SMILES string of the molecule is N#CCN1CCC(Nc2ncc(F)cc2F)CC1. The van der Waals surface area contributed by atoms with E-state index in [-0.39, 0.29) is 11.9 Å². The highest BCUT2D eigenvalue weighted by atomic mass is 19.1. The van der Waals surface area contributed by atoms with Gasteiger partial charge in [-0.15, -0.1) is 0 Å². The number of nitrogens with one attached hydrogen (secondary N) is 1. The number of anilines is 1. The second-order valence-electron chi connectivity index (χ2n) is 4.34. The maximum Gasteiger partial charge on any atom is 0.168 e. The van der Waals surface area contributed by atoms with Gasteiger partial charge in [0.2, 0.25) is 0 Å². The summed E-state index contributed by atoms with van der Waals surface area (Å²) >= 11 is 0. The molecule has 1 aliphatic heterocycles. The van der Waals surface area contributed by atoms with Crippen molar-refractivity contribution in [1.82, 2.24) is 9.88 Å². The fraction of sp³-hybridized carbons (Fsp3) is 0.500. The fourth-order valence-electron chi connectivity index (χ4n) is 2.05. The van der Waals surface area contributed by atoms with Gasteiger partial charge in [-0.2, -0.15) is 5.26 Å². The van der Waals surface area contributed by atoms with Crippen molar-refractivity contribution in [1.29, 1.82) is 5.26 Å². The minimum Gasteiger partial charge on any atom is -0.365 e. The Labute approximate surface area is 104 Å². The molecular weight excluding hydrogens is 238 g/mol. The van der Waals surface area contributed by atoms with Crippen molar-refractivity contribution in [2.45, 2.75) is 18.9 Å². The van der Waals surface area contributed by atoms with Crippen molar-refractivity contribution in [2.24, 2.45) is 0 Å². The zero-order valence-electron chi connectivity index (χ0n) is 9.87. The third-order valence-corrected chi connectivity index (χ3v) is 3.03. The van der Waals surface area contributed by atoms with Gasteiger partial charge in [0.25, 0.3) is 0 Å². The van der Waals surface area contributed by atoms with Crippen LogP contribution in [-0.2, 0) is 0 Å². The molecule has 0 atom stereocenters. The number of hydrogen-bond acceptors (Lipinski definition) is 4. The zero-order valence-corrected chi connectivity index (χ0v) is 9.87. The lowest BCUT2D eigenvalue weighted by atomic mass is 10.1. The van der Waals surface area contributed by atoms with E-state index in [1.807, 2.05) is 4.90 Å². The molecule has 0 aliphatic carbocycles. The molecule has 0 amide bonds. The van der Waals surface area contributed by atoms with Crippen molar-refractivity contribution >= 4 is 5.82 Å². The van der Waals surface area contributed by atoms with E-state index in [2.05, 4.69) is 16.4 Å². The van der Waals surface area contributed by atoms with Crippen LogP contribution in [0, 0.1) is 23.0 Å². The maximum absolute atomic E-state index is 13.4. The first-order valence-electron chi connectivity index (χ1n) is 5.86. The van der Waals surface area contributed by atoms with E-state index >= 15 is 0 Å². The number of piperidine rings is 1. The molecular formula is C12H14F2N4. The molecule has 1 fully saturated rings. The largest absolute Gasteiger partial charge is 0.365 e. The molecule has 6 heteroatoms. The summed E-state index contributed by atoms with van der Waals surface area (Å²) < 4.78 is 26.1. The standard InChI is InChI=1S/C12H14F2N4/c13-9-7-11(14)12(16-8-9)17-10-1-4-18(5-2-10)6-3-15/h7-8,10H,1-2,4-6H2,(H,16,17). The monoisotopic (exact) mass is 252 g/mol. The van der Waals surface area contributed by atoms with Crippen LogP contribution in [0.2, 0.25) is 0 Å². The van der Waals surface area contributed by atoms with Crippen LogP contribution in [-0.4, -0.2) is 35.6 Å². The number of likely N-dealkylation sites (tertiary alicyclic amines) is 1. The second-order valence-corrected chi connectivity index (χ2v) is 4.34. The number of aromatic nitrogens is 1. The summed E-state index contributed by atoms with van der Waals surface area (Å²) in [7, 11) is 0. The lowest BCUT2D eigenvalue weighted by molar-refractivity contribution is 0.242. The van der Waals surface area contributed by atoms with Gasteiger partial charge in [-0.05, 0) is 12.8 Å². The lowest BCUT2D eigenvalue weighted by Gasteiger charge is -2.30. The number of pyridine rings is 1. The van der Waals surface area contributed by atoms with Gasteiger partial charge in [-0.1, -0.05) is 0 Å². The summed E-state index contributed by atoms with van der Waals surface area (Å²) in [5, 5.41) is 11.6. The number of nitrogens with zero attached hydrogens (tertiary/aromatic N) is 3. The Bertz CT molecular complexity index is 450. The van der Waals surface area contributed by atoms with Crippen molar-refractivity contribution in [2.75, 3.05) is 25.0 Å². The summed E-state index contributed by atoms with van der Waals surface area (Å²) in [5.41, 5.74) is 0. The molecule has 96 valence electrons. The Morgan fingerprint density at radius 1 is 1.44 bits per heavy atom. The molecule has 1 aromatic rings. The molecule has 0 bridgehead atoms. The zero-order chi connectivity index (χ0) is 13.0. The molecule has 2 heterocycles. The molecule has 1 aliphatic rings. The van der Waals surface area contributed by atoms with E-state index in [1.54, 1.807) is 0 Å². The molecule has 0 saturated carbocycles.